The lowest BCUT2D eigenvalue weighted by Gasteiger charge is -2.09. The van der Waals surface area contributed by atoms with Crippen LogP contribution in [0.15, 0.2) is 59.7 Å². The van der Waals surface area contributed by atoms with Crippen LogP contribution in [0, 0.1) is 0 Å². The molecule has 2 aromatic carbocycles. The second-order valence-corrected chi connectivity index (χ2v) is 4.67. The predicted molar refractivity (Wildman–Crippen MR) is 89.6 cm³/mol. The van der Waals surface area contributed by atoms with Gasteiger partial charge in [0.1, 0.15) is 12.4 Å². The molecule has 0 atom stereocenters. The second kappa shape index (κ2) is 8.01. The van der Waals surface area contributed by atoms with E-state index in [0.717, 1.165) is 16.9 Å². The van der Waals surface area contributed by atoms with E-state index in [2.05, 4.69) is 15.8 Å². The fraction of sp³-hybridized carbons (Fsp3) is 0.125. The van der Waals surface area contributed by atoms with Crippen LogP contribution in [0.25, 0.3) is 0 Å². The zero-order valence-corrected chi connectivity index (χ0v) is 12.6. The lowest BCUT2D eigenvalue weighted by atomic mass is 10.2. The van der Waals surface area contributed by atoms with E-state index in [1.54, 1.807) is 13.3 Å². The van der Waals surface area contributed by atoms with Crippen molar-refractivity contribution in [1.82, 2.24) is 10.7 Å². The van der Waals surface area contributed by atoms with Gasteiger partial charge in [-0.1, -0.05) is 42.5 Å². The third-order valence-electron chi connectivity index (χ3n) is 2.75. The predicted octanol–water partition coefficient (Wildman–Crippen LogP) is 2.69. The summed E-state index contributed by atoms with van der Waals surface area (Å²) in [6.07, 6.45) is 1.68. The molecular weight excluding hydrogens is 282 g/mol. The fourth-order valence-corrected chi connectivity index (χ4v) is 1.72. The molecule has 2 N–H and O–H groups in total. The van der Waals surface area contributed by atoms with Crippen LogP contribution >= 0.6 is 12.2 Å². The Balaban J connectivity index is 2.01. The van der Waals surface area contributed by atoms with Crippen LogP contribution in [0.1, 0.15) is 11.1 Å². The van der Waals surface area contributed by atoms with Crippen LogP contribution in [0.3, 0.4) is 0 Å². The molecule has 4 nitrogen and oxygen atoms in total. The number of hydrogen-bond acceptors (Lipinski definition) is 3. The summed E-state index contributed by atoms with van der Waals surface area (Å²) in [7, 11) is 1.74. The lowest BCUT2D eigenvalue weighted by molar-refractivity contribution is 0.306. The Bertz CT molecular complexity index is 614. The van der Waals surface area contributed by atoms with Gasteiger partial charge in [0, 0.05) is 12.6 Å². The molecule has 0 aliphatic rings. The van der Waals surface area contributed by atoms with Gasteiger partial charge in [-0.25, -0.2) is 0 Å². The molecule has 0 amide bonds. The van der Waals surface area contributed by atoms with E-state index < -0.39 is 0 Å². The van der Waals surface area contributed by atoms with Crippen LogP contribution in [0.5, 0.6) is 5.75 Å². The highest BCUT2D eigenvalue weighted by Crippen LogP contribution is 2.17. The van der Waals surface area contributed by atoms with E-state index in [1.807, 2.05) is 54.6 Å². The lowest BCUT2D eigenvalue weighted by Crippen LogP contribution is -2.28. The number of nitrogens with one attached hydrogen (secondary N) is 2. The topological polar surface area (TPSA) is 45.7 Å². The van der Waals surface area contributed by atoms with Gasteiger partial charge in [0.15, 0.2) is 5.11 Å². The molecule has 5 heteroatoms. The summed E-state index contributed by atoms with van der Waals surface area (Å²) in [5, 5.41) is 7.32. The molecule has 2 aromatic rings. The minimum Gasteiger partial charge on any atom is -0.488 e. The molecule has 0 radical (unpaired) electrons. The number of rotatable bonds is 5. The smallest absolute Gasteiger partial charge is 0.186 e. The van der Waals surface area contributed by atoms with Crippen molar-refractivity contribution in [1.29, 1.82) is 0 Å². The maximum atomic E-state index is 5.84. The molecule has 0 saturated carbocycles. The van der Waals surface area contributed by atoms with Crippen molar-refractivity contribution >= 4 is 23.5 Å². The first kappa shape index (κ1) is 15.0. The van der Waals surface area contributed by atoms with Crippen molar-refractivity contribution in [2.45, 2.75) is 6.61 Å². The molecule has 0 aliphatic carbocycles. The van der Waals surface area contributed by atoms with Crippen molar-refractivity contribution in [3.8, 4) is 5.75 Å². The summed E-state index contributed by atoms with van der Waals surface area (Å²) >= 11 is 4.95. The normalized spacial score (nSPS) is 10.3. The fourth-order valence-electron chi connectivity index (χ4n) is 1.67. The minimum absolute atomic E-state index is 0.467. The maximum absolute atomic E-state index is 5.84. The zero-order chi connectivity index (χ0) is 14.9. The van der Waals surface area contributed by atoms with Gasteiger partial charge in [-0.3, -0.25) is 5.43 Å². The van der Waals surface area contributed by atoms with Gasteiger partial charge in [-0.15, -0.1) is 0 Å². The van der Waals surface area contributed by atoms with Crippen molar-refractivity contribution in [3.63, 3.8) is 0 Å². The molecule has 0 bridgehead atoms. The molecule has 108 valence electrons. The van der Waals surface area contributed by atoms with E-state index >= 15 is 0 Å². The SMILES string of the molecule is CNC(=S)NN=Cc1ccccc1OCc1ccccc1. The molecule has 0 aromatic heterocycles. The van der Waals surface area contributed by atoms with Gasteiger partial charge in [0.05, 0.1) is 6.21 Å². The van der Waals surface area contributed by atoms with Crippen molar-refractivity contribution < 1.29 is 4.74 Å². The molecule has 0 unspecified atom stereocenters. The van der Waals surface area contributed by atoms with E-state index in [4.69, 9.17) is 17.0 Å². The summed E-state index contributed by atoms with van der Waals surface area (Å²) in [5.41, 5.74) is 4.73. The van der Waals surface area contributed by atoms with Gasteiger partial charge in [-0.05, 0) is 29.9 Å². The molecule has 21 heavy (non-hydrogen) atoms. The van der Waals surface area contributed by atoms with Gasteiger partial charge < -0.3 is 10.1 Å². The number of hydrogen-bond donors (Lipinski definition) is 2. The third kappa shape index (κ3) is 4.89. The highest BCUT2D eigenvalue weighted by molar-refractivity contribution is 7.80. The maximum Gasteiger partial charge on any atom is 0.186 e. The Labute approximate surface area is 129 Å². The Hall–Kier alpha value is -2.40. The quantitative estimate of drug-likeness (QED) is 0.506. The molecule has 0 fully saturated rings. The number of benzene rings is 2. The first-order valence-corrected chi connectivity index (χ1v) is 6.97. The molecule has 2 rings (SSSR count). The Morgan fingerprint density at radius 3 is 2.62 bits per heavy atom. The molecular formula is C16H17N3OS. The Morgan fingerprint density at radius 2 is 1.86 bits per heavy atom. The van der Waals surface area contributed by atoms with Gasteiger partial charge in [0.25, 0.3) is 0 Å². The highest BCUT2D eigenvalue weighted by atomic mass is 32.1. The van der Waals surface area contributed by atoms with E-state index in [1.165, 1.54) is 0 Å². The van der Waals surface area contributed by atoms with Crippen LogP contribution < -0.4 is 15.5 Å². The number of thiocarbonyl (C=S) groups is 1. The average molecular weight is 299 g/mol. The van der Waals surface area contributed by atoms with Crippen molar-refractivity contribution in [2.24, 2.45) is 5.10 Å². The molecule has 0 saturated heterocycles. The number of para-hydroxylation sites is 1. The first-order valence-electron chi connectivity index (χ1n) is 6.56. The van der Waals surface area contributed by atoms with Crippen molar-refractivity contribution in [2.75, 3.05) is 7.05 Å². The summed E-state index contributed by atoms with van der Waals surface area (Å²) in [6.45, 7) is 0.522. The molecule has 0 heterocycles. The monoisotopic (exact) mass is 299 g/mol. The van der Waals surface area contributed by atoms with E-state index in [-0.39, 0.29) is 0 Å². The van der Waals surface area contributed by atoms with Gasteiger partial charge in [-0.2, -0.15) is 5.10 Å². The largest absolute Gasteiger partial charge is 0.488 e. The van der Waals surface area contributed by atoms with Crippen LogP contribution in [-0.4, -0.2) is 18.4 Å². The van der Waals surface area contributed by atoms with Crippen LogP contribution in [0.4, 0.5) is 0 Å². The second-order valence-electron chi connectivity index (χ2n) is 4.26. The standard InChI is InChI=1S/C16H17N3OS/c1-17-16(21)19-18-11-14-9-5-6-10-15(14)20-12-13-7-3-2-4-8-13/h2-11H,12H2,1H3,(H2,17,19,21). The third-order valence-corrected chi connectivity index (χ3v) is 3.05. The minimum atomic E-state index is 0.467. The van der Waals surface area contributed by atoms with E-state index in [9.17, 15) is 0 Å². The molecule has 0 aliphatic heterocycles. The Kier molecular flexibility index (Phi) is 5.72. The van der Waals surface area contributed by atoms with E-state index in [0.29, 0.717) is 11.7 Å². The van der Waals surface area contributed by atoms with Crippen LogP contribution in [-0.2, 0) is 6.61 Å². The highest BCUT2D eigenvalue weighted by Gasteiger charge is 2.01. The number of nitrogens with zero attached hydrogens (tertiary/aromatic N) is 1. The summed E-state index contributed by atoms with van der Waals surface area (Å²) in [4.78, 5) is 0. The van der Waals surface area contributed by atoms with Crippen molar-refractivity contribution in [3.05, 3.63) is 65.7 Å². The van der Waals surface area contributed by atoms with Crippen LogP contribution in [0.2, 0.25) is 0 Å². The average Bonchev–Trinajstić information content (AvgIpc) is 2.54. The number of ether oxygens (including phenoxy) is 1. The summed E-state index contributed by atoms with van der Waals surface area (Å²) in [5.74, 6) is 0.780. The first-order chi connectivity index (χ1) is 10.3. The zero-order valence-electron chi connectivity index (χ0n) is 11.7. The molecule has 0 spiro atoms. The van der Waals surface area contributed by atoms with Gasteiger partial charge in [0.2, 0.25) is 0 Å². The van der Waals surface area contributed by atoms with Gasteiger partial charge >= 0.3 is 0 Å². The summed E-state index contributed by atoms with van der Waals surface area (Å²) < 4.78 is 5.84. The number of hydrazone groups is 1. The Morgan fingerprint density at radius 1 is 1.14 bits per heavy atom. The summed E-state index contributed by atoms with van der Waals surface area (Å²) in [6, 6.07) is 17.8.